The lowest BCUT2D eigenvalue weighted by molar-refractivity contribution is 0.756. The topological polar surface area (TPSA) is 12.0 Å². The summed E-state index contributed by atoms with van der Waals surface area (Å²) < 4.78 is 0. The van der Waals surface area contributed by atoms with Crippen molar-refractivity contribution >= 4 is 0 Å². The van der Waals surface area contributed by atoms with Gasteiger partial charge in [0.15, 0.2) is 0 Å². The van der Waals surface area contributed by atoms with E-state index in [1.54, 1.807) is 0 Å². The molecule has 0 aliphatic heterocycles. The molecule has 0 spiro atoms. The lowest BCUT2D eigenvalue weighted by Crippen LogP contribution is -2.13. The van der Waals surface area contributed by atoms with Crippen molar-refractivity contribution in [1.29, 1.82) is 0 Å². The van der Waals surface area contributed by atoms with Crippen LogP contribution in [-0.4, -0.2) is 6.54 Å². The van der Waals surface area contributed by atoms with Crippen LogP contribution in [0, 0.1) is 13.8 Å². The molecule has 82 valence electrons. The first-order chi connectivity index (χ1) is 7.09. The first-order valence-corrected chi connectivity index (χ1v) is 5.50. The molecule has 0 radical (unpaired) electrons. The van der Waals surface area contributed by atoms with E-state index in [1.165, 1.54) is 22.3 Å². The van der Waals surface area contributed by atoms with Gasteiger partial charge in [-0.3, -0.25) is 0 Å². The highest BCUT2D eigenvalue weighted by atomic mass is 14.8. The number of aryl methyl sites for hydroxylation is 2. The highest BCUT2D eigenvalue weighted by molar-refractivity contribution is 5.29. The Hall–Kier alpha value is -1.08. The van der Waals surface area contributed by atoms with Crippen molar-refractivity contribution in [2.24, 2.45) is 0 Å². The van der Waals surface area contributed by atoms with Crippen LogP contribution in [-0.2, 0) is 6.54 Å². The number of allylic oxidation sites excluding steroid dienone is 1. The zero-order valence-electron chi connectivity index (χ0n) is 10.2. The second-order valence-corrected chi connectivity index (χ2v) is 4.33. The molecule has 0 bridgehead atoms. The van der Waals surface area contributed by atoms with Crippen LogP contribution in [0.3, 0.4) is 0 Å². The number of benzene rings is 1. The normalized spacial score (nSPS) is 10.1. The molecule has 0 unspecified atom stereocenters. The Morgan fingerprint density at radius 3 is 2.53 bits per heavy atom. The van der Waals surface area contributed by atoms with Gasteiger partial charge in [-0.1, -0.05) is 29.8 Å². The highest BCUT2D eigenvalue weighted by Crippen LogP contribution is 2.09. The van der Waals surface area contributed by atoms with Gasteiger partial charge in [-0.15, -0.1) is 0 Å². The molecule has 0 saturated heterocycles. The maximum Gasteiger partial charge on any atom is 0.0208 e. The molecule has 0 heterocycles. The molecule has 1 nitrogen and oxygen atoms in total. The fourth-order valence-electron chi connectivity index (χ4n) is 1.41. The van der Waals surface area contributed by atoms with Crippen LogP contribution in [0.15, 0.2) is 29.8 Å². The molecular weight excluding hydrogens is 182 g/mol. The summed E-state index contributed by atoms with van der Waals surface area (Å²) >= 11 is 0. The maximum absolute atomic E-state index is 3.40. The molecule has 0 fully saturated rings. The third-order valence-corrected chi connectivity index (χ3v) is 2.56. The zero-order chi connectivity index (χ0) is 11.3. The fraction of sp³-hybridized carbons (Fsp3) is 0.429. The minimum Gasteiger partial charge on any atom is -0.309 e. The van der Waals surface area contributed by atoms with Crippen LogP contribution in [0.2, 0.25) is 0 Å². The first-order valence-electron chi connectivity index (χ1n) is 5.50. The van der Waals surface area contributed by atoms with Crippen LogP contribution >= 0.6 is 0 Å². The molecule has 0 aromatic heterocycles. The summed E-state index contributed by atoms with van der Waals surface area (Å²) in [6.07, 6.45) is 2.21. The van der Waals surface area contributed by atoms with Gasteiger partial charge < -0.3 is 5.32 Å². The summed E-state index contributed by atoms with van der Waals surface area (Å²) in [6.45, 7) is 10.5. The van der Waals surface area contributed by atoms with Crippen molar-refractivity contribution in [2.75, 3.05) is 6.54 Å². The summed E-state index contributed by atoms with van der Waals surface area (Å²) in [4.78, 5) is 0. The van der Waals surface area contributed by atoms with Crippen molar-refractivity contribution in [3.63, 3.8) is 0 Å². The lowest BCUT2D eigenvalue weighted by atomic mass is 10.1. The standard InChI is InChI=1S/C14H21N/c1-11(2)7-8-15-10-14-6-5-12(3)13(4)9-14/h5-7,9,15H,8,10H2,1-4H3. The molecule has 1 heteroatoms. The second-order valence-electron chi connectivity index (χ2n) is 4.33. The Morgan fingerprint density at radius 1 is 1.20 bits per heavy atom. The van der Waals surface area contributed by atoms with Crippen molar-refractivity contribution in [3.8, 4) is 0 Å². The Bertz CT molecular complexity index is 346. The van der Waals surface area contributed by atoms with Crippen molar-refractivity contribution in [3.05, 3.63) is 46.5 Å². The average molecular weight is 203 g/mol. The smallest absolute Gasteiger partial charge is 0.0208 e. The molecule has 15 heavy (non-hydrogen) atoms. The SMILES string of the molecule is CC(C)=CCNCc1ccc(C)c(C)c1. The van der Waals surface area contributed by atoms with Gasteiger partial charge in [-0.05, 0) is 44.4 Å². The molecule has 1 rings (SSSR count). The van der Waals surface area contributed by atoms with E-state index in [-0.39, 0.29) is 0 Å². The molecule has 1 N–H and O–H groups in total. The minimum absolute atomic E-state index is 0.949. The van der Waals surface area contributed by atoms with Gasteiger partial charge in [-0.2, -0.15) is 0 Å². The van der Waals surface area contributed by atoms with Gasteiger partial charge >= 0.3 is 0 Å². The molecule has 0 atom stereocenters. The van der Waals surface area contributed by atoms with Crippen molar-refractivity contribution in [2.45, 2.75) is 34.2 Å². The van der Waals surface area contributed by atoms with Gasteiger partial charge in [0.2, 0.25) is 0 Å². The quantitative estimate of drug-likeness (QED) is 0.584. The van der Waals surface area contributed by atoms with Crippen LogP contribution in [0.4, 0.5) is 0 Å². The summed E-state index contributed by atoms with van der Waals surface area (Å²) in [5.41, 5.74) is 5.46. The number of hydrogen-bond donors (Lipinski definition) is 1. The largest absolute Gasteiger partial charge is 0.309 e. The van der Waals surface area contributed by atoms with Gasteiger partial charge in [0.25, 0.3) is 0 Å². The van der Waals surface area contributed by atoms with E-state index in [2.05, 4.69) is 57.3 Å². The lowest BCUT2D eigenvalue weighted by Gasteiger charge is -2.05. The fourth-order valence-corrected chi connectivity index (χ4v) is 1.41. The monoisotopic (exact) mass is 203 g/mol. The van der Waals surface area contributed by atoms with E-state index in [0.717, 1.165) is 13.1 Å². The molecule has 0 saturated carbocycles. The first kappa shape index (κ1) is 12.0. The summed E-state index contributed by atoms with van der Waals surface area (Å²) in [7, 11) is 0. The molecule has 1 aromatic carbocycles. The van der Waals surface area contributed by atoms with Crippen LogP contribution in [0.5, 0.6) is 0 Å². The van der Waals surface area contributed by atoms with Crippen LogP contribution in [0.1, 0.15) is 30.5 Å². The van der Waals surface area contributed by atoms with Crippen molar-refractivity contribution in [1.82, 2.24) is 5.32 Å². The summed E-state index contributed by atoms with van der Waals surface area (Å²) in [6, 6.07) is 6.63. The molecule has 0 amide bonds. The Balaban J connectivity index is 2.44. The Morgan fingerprint density at radius 2 is 1.93 bits per heavy atom. The molecular formula is C14H21N. The van der Waals surface area contributed by atoms with Crippen LogP contribution in [0.25, 0.3) is 0 Å². The molecule has 1 aromatic rings. The maximum atomic E-state index is 3.40. The van der Waals surface area contributed by atoms with Gasteiger partial charge in [0.05, 0.1) is 0 Å². The van der Waals surface area contributed by atoms with E-state index in [1.807, 2.05) is 0 Å². The van der Waals surface area contributed by atoms with E-state index < -0.39 is 0 Å². The van der Waals surface area contributed by atoms with Gasteiger partial charge in [0.1, 0.15) is 0 Å². The predicted molar refractivity (Wildman–Crippen MR) is 67.1 cm³/mol. The number of rotatable bonds is 4. The Kier molecular flexibility index (Phi) is 4.57. The molecule has 0 aliphatic carbocycles. The minimum atomic E-state index is 0.949. The second kappa shape index (κ2) is 5.72. The Labute approximate surface area is 93.2 Å². The molecule has 0 aliphatic rings. The number of hydrogen-bond acceptors (Lipinski definition) is 1. The zero-order valence-corrected chi connectivity index (χ0v) is 10.2. The van der Waals surface area contributed by atoms with Crippen molar-refractivity contribution < 1.29 is 0 Å². The van der Waals surface area contributed by atoms with Crippen LogP contribution < -0.4 is 5.32 Å². The van der Waals surface area contributed by atoms with E-state index in [0.29, 0.717) is 0 Å². The van der Waals surface area contributed by atoms with Gasteiger partial charge in [-0.25, -0.2) is 0 Å². The van der Waals surface area contributed by atoms with E-state index in [9.17, 15) is 0 Å². The van der Waals surface area contributed by atoms with Gasteiger partial charge in [0, 0.05) is 13.1 Å². The predicted octanol–water partition coefficient (Wildman–Crippen LogP) is 3.36. The third-order valence-electron chi connectivity index (χ3n) is 2.56. The van der Waals surface area contributed by atoms with E-state index in [4.69, 9.17) is 0 Å². The summed E-state index contributed by atoms with van der Waals surface area (Å²) in [5.74, 6) is 0. The van der Waals surface area contributed by atoms with E-state index >= 15 is 0 Å². The number of nitrogens with one attached hydrogen (secondary N) is 1. The summed E-state index contributed by atoms with van der Waals surface area (Å²) in [5, 5.41) is 3.40. The average Bonchev–Trinajstić information content (AvgIpc) is 2.18. The highest BCUT2D eigenvalue weighted by Gasteiger charge is 1.95. The third kappa shape index (κ3) is 4.30.